The zero-order valence-corrected chi connectivity index (χ0v) is 15.0. The monoisotopic (exact) mass is 349 g/mol. The lowest BCUT2D eigenvalue weighted by Crippen LogP contribution is -2.38. The minimum absolute atomic E-state index is 0.182. The molecule has 2 heterocycles. The molecule has 1 amide bonds. The number of benzene rings is 2. The first-order valence-electron chi connectivity index (χ1n) is 9.29. The molecule has 0 unspecified atom stereocenters. The van der Waals surface area contributed by atoms with E-state index in [1.807, 2.05) is 29.2 Å². The summed E-state index contributed by atoms with van der Waals surface area (Å²) in [5.41, 5.74) is 0.953. The van der Waals surface area contributed by atoms with E-state index in [1.165, 1.54) is 0 Å². The molecule has 5 nitrogen and oxygen atoms in total. The highest BCUT2D eigenvalue weighted by molar-refractivity contribution is 5.94. The number of nitrogens with zero attached hydrogens (tertiary/aromatic N) is 3. The van der Waals surface area contributed by atoms with Crippen molar-refractivity contribution in [2.75, 3.05) is 13.1 Å². The molecule has 2 aromatic carbocycles. The summed E-state index contributed by atoms with van der Waals surface area (Å²) in [6.07, 6.45) is 3.10. The van der Waals surface area contributed by atoms with Crippen molar-refractivity contribution in [3.8, 4) is 11.4 Å². The Balaban J connectivity index is 1.44. The van der Waals surface area contributed by atoms with Crippen LogP contribution in [-0.4, -0.2) is 34.0 Å². The first-order valence-corrected chi connectivity index (χ1v) is 9.29. The summed E-state index contributed by atoms with van der Waals surface area (Å²) in [5.74, 6) is 2.00. The van der Waals surface area contributed by atoms with Gasteiger partial charge in [-0.15, -0.1) is 0 Å². The van der Waals surface area contributed by atoms with Gasteiger partial charge in [0.05, 0.1) is 0 Å². The van der Waals surface area contributed by atoms with Crippen LogP contribution >= 0.6 is 0 Å². The molecule has 1 aromatic heterocycles. The summed E-state index contributed by atoms with van der Waals surface area (Å²) >= 11 is 0. The number of hydrogen-bond acceptors (Lipinski definition) is 4. The predicted octanol–water partition coefficient (Wildman–Crippen LogP) is 4.08. The molecule has 0 N–H and O–H groups in total. The summed E-state index contributed by atoms with van der Waals surface area (Å²) in [6, 6.07) is 14.2. The molecule has 0 radical (unpaired) electrons. The number of carbonyl (C=O) groups is 1. The zero-order valence-electron chi connectivity index (χ0n) is 15.0. The maximum absolute atomic E-state index is 12.4. The van der Waals surface area contributed by atoms with Crippen LogP contribution in [0.25, 0.3) is 22.2 Å². The summed E-state index contributed by atoms with van der Waals surface area (Å²) in [7, 11) is 0. The molecule has 0 spiro atoms. The smallest absolute Gasteiger partial charge is 0.227 e. The Hall–Kier alpha value is -2.69. The molecule has 0 saturated carbocycles. The second kappa shape index (κ2) is 7.28. The van der Waals surface area contributed by atoms with E-state index in [0.717, 1.165) is 48.2 Å². The number of hydrogen-bond donors (Lipinski definition) is 0. The highest BCUT2D eigenvalue weighted by atomic mass is 16.5. The number of piperidine rings is 1. The van der Waals surface area contributed by atoms with Crippen LogP contribution in [0, 0.1) is 5.92 Å². The molecule has 0 bridgehead atoms. The Morgan fingerprint density at radius 2 is 1.92 bits per heavy atom. The van der Waals surface area contributed by atoms with Gasteiger partial charge in [-0.05, 0) is 29.5 Å². The number of fused-ring (bicyclic) bond motifs is 1. The number of aromatic nitrogens is 2. The first kappa shape index (κ1) is 16.8. The van der Waals surface area contributed by atoms with Crippen molar-refractivity contribution in [3.63, 3.8) is 0 Å². The predicted molar refractivity (Wildman–Crippen MR) is 101 cm³/mol. The van der Waals surface area contributed by atoms with Crippen LogP contribution in [0.3, 0.4) is 0 Å². The SMILES string of the molecule is CC1CCN(C(=O)CCc2nc(-c3cccc4ccccc34)no2)CC1. The maximum atomic E-state index is 12.4. The Bertz CT molecular complexity index is 905. The molecule has 1 aliphatic heterocycles. The molecule has 1 aliphatic rings. The van der Waals surface area contributed by atoms with Crippen molar-refractivity contribution >= 4 is 16.7 Å². The first-order chi connectivity index (χ1) is 12.7. The van der Waals surface area contributed by atoms with Crippen molar-refractivity contribution in [1.29, 1.82) is 0 Å². The molecule has 134 valence electrons. The van der Waals surface area contributed by atoms with Gasteiger partial charge in [0.1, 0.15) is 0 Å². The van der Waals surface area contributed by atoms with E-state index in [4.69, 9.17) is 4.52 Å². The lowest BCUT2D eigenvalue weighted by atomic mass is 9.99. The standard InChI is InChI=1S/C21H23N3O2/c1-15-11-13-24(14-12-15)20(25)10-9-19-22-21(23-26-19)18-8-4-6-16-5-2-3-7-17(16)18/h2-8,15H,9-14H2,1H3. The van der Waals surface area contributed by atoms with E-state index in [9.17, 15) is 4.79 Å². The van der Waals surface area contributed by atoms with E-state index < -0.39 is 0 Å². The molecule has 1 fully saturated rings. The van der Waals surface area contributed by atoms with Crippen LogP contribution in [0.2, 0.25) is 0 Å². The third kappa shape index (κ3) is 3.47. The molecule has 4 rings (SSSR count). The van der Waals surface area contributed by atoms with Gasteiger partial charge in [0.25, 0.3) is 0 Å². The number of carbonyl (C=O) groups excluding carboxylic acids is 1. The largest absolute Gasteiger partial charge is 0.343 e. The fraction of sp³-hybridized carbons (Fsp3) is 0.381. The van der Waals surface area contributed by atoms with Gasteiger partial charge in [0.2, 0.25) is 17.6 Å². The molecule has 0 aliphatic carbocycles. The molecule has 0 atom stereocenters. The third-order valence-electron chi connectivity index (χ3n) is 5.19. The van der Waals surface area contributed by atoms with E-state index in [0.29, 0.717) is 24.6 Å². The Labute approximate surface area is 153 Å². The van der Waals surface area contributed by atoms with Gasteiger partial charge in [-0.3, -0.25) is 4.79 Å². The maximum Gasteiger partial charge on any atom is 0.227 e. The van der Waals surface area contributed by atoms with Crippen LogP contribution in [0.1, 0.15) is 32.1 Å². The number of rotatable bonds is 4. The van der Waals surface area contributed by atoms with Gasteiger partial charge >= 0.3 is 0 Å². The lowest BCUT2D eigenvalue weighted by molar-refractivity contribution is -0.132. The highest BCUT2D eigenvalue weighted by Crippen LogP contribution is 2.26. The van der Waals surface area contributed by atoms with Crippen molar-refractivity contribution in [3.05, 3.63) is 48.4 Å². The molecule has 5 heteroatoms. The van der Waals surface area contributed by atoms with Crippen LogP contribution in [0.5, 0.6) is 0 Å². The molecule has 1 saturated heterocycles. The van der Waals surface area contributed by atoms with Gasteiger partial charge in [0, 0.05) is 31.5 Å². The van der Waals surface area contributed by atoms with Crippen LogP contribution in [-0.2, 0) is 11.2 Å². The average Bonchev–Trinajstić information content (AvgIpc) is 3.15. The molecule has 3 aromatic rings. The van der Waals surface area contributed by atoms with Gasteiger partial charge < -0.3 is 9.42 Å². The average molecular weight is 349 g/mol. The number of likely N-dealkylation sites (tertiary alicyclic amines) is 1. The number of amides is 1. The summed E-state index contributed by atoms with van der Waals surface area (Å²) in [4.78, 5) is 18.8. The van der Waals surface area contributed by atoms with Crippen molar-refractivity contribution in [2.45, 2.75) is 32.6 Å². The fourth-order valence-corrected chi connectivity index (χ4v) is 3.52. The Kier molecular flexibility index (Phi) is 4.69. The second-order valence-electron chi connectivity index (χ2n) is 7.10. The third-order valence-corrected chi connectivity index (χ3v) is 5.19. The van der Waals surface area contributed by atoms with Gasteiger partial charge in [0.15, 0.2) is 0 Å². The topological polar surface area (TPSA) is 59.2 Å². The summed E-state index contributed by atoms with van der Waals surface area (Å²) in [5, 5.41) is 6.37. The minimum Gasteiger partial charge on any atom is -0.343 e. The van der Waals surface area contributed by atoms with E-state index >= 15 is 0 Å². The van der Waals surface area contributed by atoms with Gasteiger partial charge in [-0.1, -0.05) is 54.5 Å². The Morgan fingerprint density at radius 1 is 1.15 bits per heavy atom. The van der Waals surface area contributed by atoms with Gasteiger partial charge in [-0.25, -0.2) is 0 Å². The highest BCUT2D eigenvalue weighted by Gasteiger charge is 2.21. The van der Waals surface area contributed by atoms with Crippen LogP contribution in [0.15, 0.2) is 47.0 Å². The van der Waals surface area contributed by atoms with Gasteiger partial charge in [-0.2, -0.15) is 4.98 Å². The lowest BCUT2D eigenvalue weighted by Gasteiger charge is -2.30. The van der Waals surface area contributed by atoms with Crippen molar-refractivity contribution in [1.82, 2.24) is 15.0 Å². The van der Waals surface area contributed by atoms with Crippen LogP contribution < -0.4 is 0 Å². The molecular weight excluding hydrogens is 326 g/mol. The van der Waals surface area contributed by atoms with E-state index in [2.05, 4.69) is 35.3 Å². The summed E-state index contributed by atoms with van der Waals surface area (Å²) in [6.45, 7) is 3.98. The second-order valence-corrected chi connectivity index (χ2v) is 7.10. The van der Waals surface area contributed by atoms with E-state index in [-0.39, 0.29) is 5.91 Å². The zero-order chi connectivity index (χ0) is 17.9. The fourth-order valence-electron chi connectivity index (χ4n) is 3.52. The summed E-state index contributed by atoms with van der Waals surface area (Å²) < 4.78 is 5.39. The quantitative estimate of drug-likeness (QED) is 0.712. The van der Waals surface area contributed by atoms with Crippen LogP contribution in [0.4, 0.5) is 0 Å². The van der Waals surface area contributed by atoms with Crippen molar-refractivity contribution < 1.29 is 9.32 Å². The Morgan fingerprint density at radius 3 is 2.77 bits per heavy atom. The van der Waals surface area contributed by atoms with Crippen molar-refractivity contribution in [2.24, 2.45) is 5.92 Å². The molecule has 26 heavy (non-hydrogen) atoms. The normalized spacial score (nSPS) is 15.5. The van der Waals surface area contributed by atoms with E-state index in [1.54, 1.807) is 0 Å². The number of aryl methyl sites for hydroxylation is 1. The molecular formula is C21H23N3O2. The minimum atomic E-state index is 0.182.